The van der Waals surface area contributed by atoms with E-state index in [0.29, 0.717) is 99.8 Å². The number of fused-ring (bicyclic) bond motifs is 15. The summed E-state index contributed by atoms with van der Waals surface area (Å²) in [6, 6.07) is 8.34. The van der Waals surface area contributed by atoms with Crippen LogP contribution in [0.1, 0.15) is 282 Å². The Balaban J connectivity index is 0.000000149. The third kappa shape index (κ3) is 14.8. The molecule has 2 aliphatic heterocycles. The van der Waals surface area contributed by atoms with Crippen molar-refractivity contribution in [2.75, 3.05) is 20.3 Å². The molecule has 102 heavy (non-hydrogen) atoms. The molecule has 2 heterocycles. The Morgan fingerprint density at radius 2 is 1.23 bits per heavy atom. The highest BCUT2D eigenvalue weighted by molar-refractivity contribution is 7.09. The average Bonchev–Trinajstić information content (AvgIpc) is 1.44. The molecule has 10 saturated carbocycles. The Bertz CT molecular complexity index is 3060. The third-order valence-corrected chi connectivity index (χ3v) is 34.9. The molecule has 576 valence electrons. The summed E-state index contributed by atoms with van der Waals surface area (Å²) in [7, 11) is 4.23. The molecule has 1 aromatic rings. The van der Waals surface area contributed by atoms with E-state index in [9.17, 15) is 25.2 Å². The summed E-state index contributed by atoms with van der Waals surface area (Å²) in [5, 5.41) is 42.8. The summed E-state index contributed by atoms with van der Waals surface area (Å²) >= 11 is 0. The van der Waals surface area contributed by atoms with Crippen LogP contribution >= 0.6 is 9.47 Å². The Hall–Kier alpha value is -1.76. The number of ether oxygens (including phenoxy) is 5. The van der Waals surface area contributed by atoms with Crippen LogP contribution in [0.15, 0.2) is 47.6 Å². The molecule has 0 radical (unpaired) electrons. The van der Waals surface area contributed by atoms with Crippen LogP contribution in [-0.4, -0.2) is 95.7 Å². The Kier molecular flexibility index (Phi) is 23.7. The van der Waals surface area contributed by atoms with Crippen LogP contribution in [-0.2, 0) is 34.9 Å². The molecular formula is C90H145O11P. The molecule has 0 amide bonds. The number of methoxy groups -OCH3 is 1. The first kappa shape index (κ1) is 78.4. The van der Waals surface area contributed by atoms with E-state index in [2.05, 4.69) is 131 Å². The topological polar surface area (TPSA) is 153 Å². The van der Waals surface area contributed by atoms with E-state index in [-0.39, 0.29) is 64.4 Å². The van der Waals surface area contributed by atoms with Crippen molar-refractivity contribution >= 4 is 15.2 Å². The summed E-state index contributed by atoms with van der Waals surface area (Å²) in [4.78, 5) is 12.4. The van der Waals surface area contributed by atoms with Crippen LogP contribution in [0.4, 0.5) is 0 Å². The van der Waals surface area contributed by atoms with Gasteiger partial charge in [-0.15, -0.1) is 0 Å². The minimum Gasteiger partial charge on any atom is -0.497 e. The van der Waals surface area contributed by atoms with Crippen molar-refractivity contribution in [1.29, 1.82) is 0 Å². The van der Waals surface area contributed by atoms with Crippen LogP contribution in [0, 0.1) is 144 Å². The van der Waals surface area contributed by atoms with Gasteiger partial charge in [0.25, 0.3) is 0 Å². The minimum absolute atomic E-state index is 0.0168. The molecule has 12 aliphatic carbocycles. The van der Waals surface area contributed by atoms with Crippen LogP contribution in [0.3, 0.4) is 0 Å². The summed E-state index contributed by atoms with van der Waals surface area (Å²) < 4.78 is 36.8. The van der Waals surface area contributed by atoms with Gasteiger partial charge < -0.3 is 48.6 Å². The van der Waals surface area contributed by atoms with Crippen LogP contribution in [0.5, 0.6) is 5.75 Å². The van der Waals surface area contributed by atoms with Gasteiger partial charge in [-0.25, -0.2) is 0 Å². The maximum absolute atomic E-state index is 12.4. The molecule has 12 fully saturated rings. The number of aliphatic hydroxyl groups is 4. The highest BCUT2D eigenvalue weighted by atomic mass is 31.0. The zero-order valence-electron chi connectivity index (χ0n) is 66.6. The number of ketones is 1. The Morgan fingerprint density at radius 3 is 1.92 bits per heavy atom. The van der Waals surface area contributed by atoms with Crippen molar-refractivity contribution in [3.8, 4) is 5.75 Å². The number of allylic oxidation sites excluding steroid dienone is 2. The van der Waals surface area contributed by atoms with Crippen molar-refractivity contribution in [2.24, 2.45) is 144 Å². The van der Waals surface area contributed by atoms with E-state index in [1.807, 2.05) is 12.1 Å². The second-order valence-corrected chi connectivity index (χ2v) is 41.0. The average molecular weight is 1430 g/mol. The first-order valence-corrected chi connectivity index (χ1v) is 43.0. The van der Waals surface area contributed by atoms with Gasteiger partial charge >= 0.3 is 0 Å². The van der Waals surface area contributed by atoms with E-state index in [1.54, 1.807) is 12.7 Å². The van der Waals surface area contributed by atoms with Crippen molar-refractivity contribution in [2.45, 2.75) is 333 Å². The van der Waals surface area contributed by atoms with E-state index >= 15 is 0 Å². The van der Waals surface area contributed by atoms with E-state index in [4.69, 9.17) is 28.2 Å². The molecule has 12 heteroatoms. The standard InChI is InChI=1S/C42H67O6P.C29H50O3.C19H28O2/c1-26(2)29(20-38-46-24-40(4,5)25-47-38)19-36(43)27(3)35-22-37(45-23-28-9-12-31(44-8)13-10-28)39-33-14-11-30-21-32(48-49)15-17-41(30,6)34(33)16-18-42(35,39)7;1-17(2)19-14-26(32-27(31)15-19)18(3)23-8-9-24-22-7-6-20-16-21(30)10-12-28(20,4)25(22)11-13-29(23,24)5;1-18-9-7-13(20)11-12(18)3-4-14-15-5-6-17(21)19(15,2)10-8-16(14)18/h9-13,26-27,29,32-39,43H,14-25,49H2,1-8H3;17-27,30-31H,6-16H2,1-5H3;3,13-16,20H,4-11H2,1-2H3/t27?,29?,32-,33?,34?,35?,36?,37+,39?,41-,42+;18?,19?,20?,21-,22?,23?,24-,25?,26?,27?,28-,29+;13-,14?,15?,16?,18-,19-/m000/s1. The molecule has 1 aromatic carbocycles. The fourth-order valence-electron chi connectivity index (χ4n) is 27.9. The van der Waals surface area contributed by atoms with Gasteiger partial charge in [0.05, 0.1) is 63.6 Å². The second-order valence-electron chi connectivity index (χ2n) is 40.7. The molecule has 0 aromatic heterocycles. The van der Waals surface area contributed by atoms with Gasteiger partial charge in [-0.1, -0.05) is 132 Å². The second kappa shape index (κ2) is 30.8. The number of carbonyl (C=O) groups is 1. The molecule has 19 unspecified atom stereocenters. The van der Waals surface area contributed by atoms with Gasteiger partial charge in [-0.2, -0.15) is 0 Å². The lowest BCUT2D eigenvalue weighted by atomic mass is 9.44. The maximum atomic E-state index is 12.4. The molecule has 0 bridgehead atoms. The lowest BCUT2D eigenvalue weighted by Gasteiger charge is -2.61. The maximum Gasteiger partial charge on any atom is 0.157 e. The highest BCUT2D eigenvalue weighted by Crippen LogP contribution is 2.71. The lowest BCUT2D eigenvalue weighted by molar-refractivity contribution is -0.230. The fraction of sp³-hybridized carbons (Fsp3) is 0.878. The molecule has 15 rings (SSSR count). The van der Waals surface area contributed by atoms with Crippen molar-refractivity contribution in [1.82, 2.24) is 0 Å². The monoisotopic (exact) mass is 1430 g/mol. The third-order valence-electron chi connectivity index (χ3n) is 34.5. The summed E-state index contributed by atoms with van der Waals surface area (Å²) in [6.45, 7) is 35.5. The molecule has 4 N–H and O–H groups in total. The van der Waals surface area contributed by atoms with E-state index in [0.717, 1.165) is 164 Å². The smallest absolute Gasteiger partial charge is 0.157 e. The van der Waals surface area contributed by atoms with Gasteiger partial charge in [-0.05, 0) is 312 Å². The predicted molar refractivity (Wildman–Crippen MR) is 410 cm³/mol. The normalized spacial score (nSPS) is 46.1. The Morgan fingerprint density at radius 1 is 0.608 bits per heavy atom. The van der Waals surface area contributed by atoms with Gasteiger partial charge in [-0.3, -0.25) is 4.79 Å². The predicted octanol–water partition coefficient (Wildman–Crippen LogP) is 19.7. The number of benzene rings is 1. The fourth-order valence-corrected chi connectivity index (χ4v) is 28.2. The van der Waals surface area contributed by atoms with E-state index in [1.165, 1.54) is 81.8 Å². The number of carbonyl (C=O) groups excluding carboxylic acids is 1. The van der Waals surface area contributed by atoms with Crippen LogP contribution < -0.4 is 4.74 Å². The van der Waals surface area contributed by atoms with Crippen molar-refractivity contribution < 1.29 is 53.4 Å². The van der Waals surface area contributed by atoms with Crippen LogP contribution in [0.25, 0.3) is 0 Å². The number of rotatable bonds is 15. The largest absolute Gasteiger partial charge is 0.497 e. The van der Waals surface area contributed by atoms with E-state index < -0.39 is 6.29 Å². The molecular weight excluding hydrogens is 1290 g/mol. The quantitative estimate of drug-likeness (QED) is 0.0980. The summed E-state index contributed by atoms with van der Waals surface area (Å²) in [6.07, 6.45) is 36.1. The zero-order chi connectivity index (χ0) is 72.8. The first-order chi connectivity index (χ1) is 48.4. The number of Topliss-reactive ketones (excluding diaryl/α,β-unsaturated/α-hetero) is 1. The highest BCUT2D eigenvalue weighted by Gasteiger charge is 2.65. The number of aliphatic hydroxyl groups excluding tert-OH is 4. The van der Waals surface area contributed by atoms with Gasteiger partial charge in [0.1, 0.15) is 11.5 Å². The SMILES string of the molecule is CC(C)C1CC(O)OC(C(C)C2CC[C@H]3C4CCC5C[C@@H](O)CC[C@]5(C)C4CC[C@]23C)C1.COc1ccc(CO[C@@H]2CC(C(C)C(O)CC(CC3OCC(C)(C)CO3)C(C)C)[C@@]3(C)CCC4C(CC=C5C[C@@H](OP)CC[C@@]54C)C23)cc1.C[C@]12CC[C@H](O)CC1=CCC1C2CC[C@]2(C)C(=O)CCC12. The van der Waals surface area contributed by atoms with Crippen molar-refractivity contribution in [3.05, 3.63) is 53.1 Å². The summed E-state index contributed by atoms with van der Waals surface area (Å²) in [5.41, 5.74) is 5.98. The molecule has 11 nitrogen and oxygen atoms in total. The minimum atomic E-state index is -0.568. The molecule has 0 spiro atoms. The summed E-state index contributed by atoms with van der Waals surface area (Å²) in [5.74, 6) is 12.5. The van der Waals surface area contributed by atoms with Crippen LogP contribution in [0.2, 0.25) is 0 Å². The molecule has 30 atom stereocenters. The number of hydrogen-bond donors (Lipinski definition) is 4. The van der Waals surface area contributed by atoms with Gasteiger partial charge in [0, 0.05) is 39.6 Å². The number of hydrogen-bond acceptors (Lipinski definition) is 11. The van der Waals surface area contributed by atoms with Gasteiger partial charge in [0.15, 0.2) is 12.6 Å². The van der Waals surface area contributed by atoms with Gasteiger partial charge in [0.2, 0.25) is 0 Å². The Labute approximate surface area is 621 Å². The lowest BCUT2D eigenvalue weighted by Crippen LogP contribution is -2.54. The molecule has 14 aliphatic rings. The molecule has 2 saturated heterocycles. The first-order valence-electron chi connectivity index (χ1n) is 42.5. The van der Waals surface area contributed by atoms with Crippen molar-refractivity contribution in [3.63, 3.8) is 0 Å². The zero-order valence-corrected chi connectivity index (χ0v) is 67.8.